The molecule has 3 aromatic rings. The first kappa shape index (κ1) is 29.0. The zero-order valence-corrected chi connectivity index (χ0v) is 23.9. The fourth-order valence-electron chi connectivity index (χ4n) is 3.84. The molecule has 10 heteroatoms. The monoisotopic (exact) mass is 564 g/mol. The largest absolute Gasteiger partial charge is 0.493 e. The summed E-state index contributed by atoms with van der Waals surface area (Å²) in [6.45, 7) is 4.28. The van der Waals surface area contributed by atoms with Crippen LogP contribution < -0.4 is 9.47 Å². The Bertz CT molecular complexity index is 1260. The second-order valence-electron chi connectivity index (χ2n) is 8.60. The van der Waals surface area contributed by atoms with Crippen LogP contribution in [0, 0.1) is 0 Å². The third-order valence-electron chi connectivity index (χ3n) is 6.19. The molecule has 200 valence electrons. The van der Waals surface area contributed by atoms with E-state index in [1.54, 1.807) is 30.5 Å². The van der Waals surface area contributed by atoms with Crippen LogP contribution in [-0.4, -0.2) is 56.9 Å². The predicted octanol–water partition coefficient (Wildman–Crippen LogP) is 5.48. The van der Waals surface area contributed by atoms with Gasteiger partial charge in [0.1, 0.15) is 0 Å². The number of methoxy groups -OCH3 is 2. The smallest absolute Gasteiger partial charge is 0.243 e. The molecule has 0 aliphatic rings. The van der Waals surface area contributed by atoms with Crippen molar-refractivity contribution < 1.29 is 22.7 Å². The van der Waals surface area contributed by atoms with Gasteiger partial charge in [0.2, 0.25) is 15.9 Å². The van der Waals surface area contributed by atoms with Gasteiger partial charge in [-0.3, -0.25) is 4.79 Å². The fourth-order valence-corrected chi connectivity index (χ4v) is 6.34. The summed E-state index contributed by atoms with van der Waals surface area (Å²) in [7, 11) is -0.739. The number of ether oxygens (including phenoxy) is 2. The minimum Gasteiger partial charge on any atom is -0.493 e. The van der Waals surface area contributed by atoms with Gasteiger partial charge in [0, 0.05) is 22.5 Å². The maximum absolute atomic E-state index is 13.6. The Balaban J connectivity index is 1.84. The highest BCUT2D eigenvalue weighted by Gasteiger charge is 2.32. The number of thiophene rings is 1. The van der Waals surface area contributed by atoms with E-state index in [0.717, 1.165) is 10.4 Å². The molecular formula is C27H33ClN2O5S2. The van der Waals surface area contributed by atoms with E-state index >= 15 is 0 Å². The van der Waals surface area contributed by atoms with Crippen LogP contribution in [0.4, 0.5) is 0 Å². The molecule has 1 amide bonds. The SMILES string of the molecule is CCC(C)N(CC(=O)N(CCc1ccc(OC)c(OC)c1)Cc1cccs1)S(=O)(=O)c1ccc(Cl)cc1. The lowest BCUT2D eigenvalue weighted by Gasteiger charge is -2.30. The van der Waals surface area contributed by atoms with Gasteiger partial charge >= 0.3 is 0 Å². The van der Waals surface area contributed by atoms with E-state index in [1.165, 1.54) is 28.6 Å². The number of rotatable bonds is 13. The van der Waals surface area contributed by atoms with Crippen molar-refractivity contribution in [2.24, 2.45) is 0 Å². The normalized spacial score (nSPS) is 12.4. The van der Waals surface area contributed by atoms with Crippen LogP contribution in [0.15, 0.2) is 64.9 Å². The van der Waals surface area contributed by atoms with E-state index in [2.05, 4.69) is 0 Å². The number of sulfonamides is 1. The van der Waals surface area contributed by atoms with Crippen molar-refractivity contribution in [3.05, 3.63) is 75.4 Å². The van der Waals surface area contributed by atoms with Crippen molar-refractivity contribution in [2.75, 3.05) is 27.3 Å². The van der Waals surface area contributed by atoms with E-state index in [4.69, 9.17) is 21.1 Å². The standard InChI is InChI=1S/C27H33ClN2O5S2/c1-5-20(2)30(37(32,33)24-11-9-22(28)10-12-24)19-27(31)29(18-23-7-6-16-36-23)15-14-21-8-13-25(34-3)26(17-21)35-4/h6-13,16-17,20H,5,14-15,18-19H2,1-4H3. The fraction of sp³-hybridized carbons (Fsp3) is 0.370. The molecule has 1 unspecified atom stereocenters. The van der Waals surface area contributed by atoms with Crippen LogP contribution in [0.25, 0.3) is 0 Å². The van der Waals surface area contributed by atoms with E-state index in [9.17, 15) is 13.2 Å². The molecule has 1 aromatic heterocycles. The minimum atomic E-state index is -3.90. The molecule has 0 spiro atoms. The van der Waals surface area contributed by atoms with E-state index in [1.807, 2.05) is 49.6 Å². The van der Waals surface area contributed by atoms with Crippen molar-refractivity contribution in [2.45, 2.75) is 44.2 Å². The first-order valence-corrected chi connectivity index (χ1v) is 14.7. The third kappa shape index (κ3) is 7.47. The zero-order chi connectivity index (χ0) is 27.0. The van der Waals surface area contributed by atoms with Crippen molar-refractivity contribution in [3.8, 4) is 11.5 Å². The third-order valence-corrected chi connectivity index (χ3v) is 9.28. The maximum Gasteiger partial charge on any atom is 0.243 e. The summed E-state index contributed by atoms with van der Waals surface area (Å²) in [6.07, 6.45) is 1.14. The van der Waals surface area contributed by atoms with Crippen LogP contribution in [0.5, 0.6) is 11.5 Å². The number of halogens is 1. The molecule has 3 rings (SSSR count). The summed E-state index contributed by atoms with van der Waals surface area (Å²) in [4.78, 5) is 16.5. The lowest BCUT2D eigenvalue weighted by atomic mass is 10.1. The first-order chi connectivity index (χ1) is 17.7. The van der Waals surface area contributed by atoms with Crippen LogP contribution in [0.2, 0.25) is 5.02 Å². The second kappa shape index (κ2) is 13.3. The van der Waals surface area contributed by atoms with Gasteiger partial charge in [-0.2, -0.15) is 4.31 Å². The number of carbonyl (C=O) groups is 1. The minimum absolute atomic E-state index is 0.111. The Kier molecular flexibility index (Phi) is 10.4. The zero-order valence-electron chi connectivity index (χ0n) is 21.5. The van der Waals surface area contributed by atoms with Gasteiger partial charge in [-0.1, -0.05) is 30.7 Å². The van der Waals surface area contributed by atoms with Gasteiger partial charge in [0.15, 0.2) is 11.5 Å². The topological polar surface area (TPSA) is 76.2 Å². The Morgan fingerprint density at radius 2 is 1.76 bits per heavy atom. The lowest BCUT2D eigenvalue weighted by molar-refractivity contribution is -0.132. The highest BCUT2D eigenvalue weighted by molar-refractivity contribution is 7.89. The molecule has 7 nitrogen and oxygen atoms in total. The van der Waals surface area contributed by atoms with E-state index in [-0.39, 0.29) is 23.4 Å². The number of hydrogen-bond acceptors (Lipinski definition) is 6. The van der Waals surface area contributed by atoms with E-state index < -0.39 is 10.0 Å². The summed E-state index contributed by atoms with van der Waals surface area (Å²) in [5, 5.41) is 2.41. The van der Waals surface area contributed by atoms with Crippen LogP contribution in [-0.2, 0) is 27.8 Å². The molecule has 0 aliphatic heterocycles. The predicted molar refractivity (Wildman–Crippen MR) is 148 cm³/mol. The Morgan fingerprint density at radius 3 is 2.35 bits per heavy atom. The molecule has 1 atom stereocenters. The van der Waals surface area contributed by atoms with Crippen molar-refractivity contribution in [1.82, 2.24) is 9.21 Å². The van der Waals surface area contributed by atoms with Gasteiger partial charge in [-0.25, -0.2) is 8.42 Å². The summed E-state index contributed by atoms with van der Waals surface area (Å²) in [6, 6.07) is 15.2. The number of nitrogens with zero attached hydrogens (tertiary/aromatic N) is 2. The highest BCUT2D eigenvalue weighted by atomic mass is 35.5. The molecule has 2 aromatic carbocycles. The van der Waals surface area contributed by atoms with Crippen LogP contribution >= 0.6 is 22.9 Å². The molecule has 0 fully saturated rings. The second-order valence-corrected chi connectivity index (χ2v) is 12.0. The molecule has 1 heterocycles. The summed E-state index contributed by atoms with van der Waals surface area (Å²) in [5.74, 6) is 0.995. The van der Waals surface area contributed by atoms with Crippen LogP contribution in [0.1, 0.15) is 30.7 Å². The van der Waals surface area contributed by atoms with Gasteiger partial charge in [-0.05, 0) is 73.2 Å². The van der Waals surface area contributed by atoms with Gasteiger partial charge in [0.05, 0.1) is 32.2 Å². The van der Waals surface area contributed by atoms with E-state index in [0.29, 0.717) is 42.5 Å². The Labute approximate surface area is 228 Å². The number of carbonyl (C=O) groups excluding carboxylic acids is 1. The Morgan fingerprint density at radius 1 is 1.05 bits per heavy atom. The molecule has 0 saturated heterocycles. The highest BCUT2D eigenvalue weighted by Crippen LogP contribution is 2.28. The van der Waals surface area contributed by atoms with Gasteiger partial charge < -0.3 is 14.4 Å². The molecule has 0 aliphatic carbocycles. The van der Waals surface area contributed by atoms with Crippen molar-refractivity contribution in [1.29, 1.82) is 0 Å². The number of amides is 1. The van der Waals surface area contributed by atoms with Crippen LogP contribution in [0.3, 0.4) is 0 Å². The lowest BCUT2D eigenvalue weighted by Crippen LogP contribution is -2.46. The summed E-state index contributed by atoms with van der Waals surface area (Å²) >= 11 is 7.52. The molecule has 0 radical (unpaired) electrons. The maximum atomic E-state index is 13.6. The molecule has 0 bridgehead atoms. The van der Waals surface area contributed by atoms with Crippen molar-refractivity contribution in [3.63, 3.8) is 0 Å². The van der Waals surface area contributed by atoms with Gasteiger partial charge in [0.25, 0.3) is 0 Å². The summed E-state index contributed by atoms with van der Waals surface area (Å²) < 4.78 is 39.1. The first-order valence-electron chi connectivity index (χ1n) is 12.0. The quantitative estimate of drug-likeness (QED) is 0.275. The molecular weight excluding hydrogens is 532 g/mol. The average molecular weight is 565 g/mol. The number of hydrogen-bond donors (Lipinski definition) is 0. The molecule has 37 heavy (non-hydrogen) atoms. The average Bonchev–Trinajstić information content (AvgIpc) is 3.42. The molecule has 0 N–H and O–H groups in total. The van der Waals surface area contributed by atoms with Gasteiger partial charge in [-0.15, -0.1) is 11.3 Å². The van der Waals surface area contributed by atoms with Crippen molar-refractivity contribution >= 4 is 38.9 Å². The summed E-state index contributed by atoms with van der Waals surface area (Å²) in [5.41, 5.74) is 0.981. The number of benzene rings is 2. The Hall–Kier alpha value is -2.59. The molecule has 0 saturated carbocycles.